The van der Waals surface area contributed by atoms with Gasteiger partial charge in [-0.2, -0.15) is 13.2 Å². The molecule has 0 saturated heterocycles. The van der Waals surface area contributed by atoms with E-state index in [1.54, 1.807) is 12.1 Å². The monoisotopic (exact) mass is 432 g/mol. The van der Waals surface area contributed by atoms with Crippen molar-refractivity contribution in [2.24, 2.45) is 0 Å². The lowest BCUT2D eigenvalue weighted by atomic mass is 9.88. The number of fused-ring (bicyclic) bond motifs is 3. The summed E-state index contributed by atoms with van der Waals surface area (Å²) in [6.45, 7) is -0.0623. The summed E-state index contributed by atoms with van der Waals surface area (Å²) in [6, 6.07) is 8.98. The second-order valence-electron chi connectivity index (χ2n) is 6.63. The minimum absolute atomic E-state index is 0.0623. The fourth-order valence-electron chi connectivity index (χ4n) is 3.55. The molecular weight excluding hydrogens is 417 g/mol. The summed E-state index contributed by atoms with van der Waals surface area (Å²) in [7, 11) is 2.30. The molecule has 4 rings (SSSR count). The van der Waals surface area contributed by atoms with Crippen molar-refractivity contribution in [1.82, 2.24) is 0 Å². The third-order valence-electron chi connectivity index (χ3n) is 4.94. The van der Waals surface area contributed by atoms with Crippen LogP contribution in [0.4, 0.5) is 13.2 Å². The van der Waals surface area contributed by atoms with E-state index in [0.29, 0.717) is 22.3 Å². The number of carbonyl (C=O) groups excluding carboxylic acids is 2. The molecule has 0 N–H and O–H groups in total. The molecule has 0 aromatic heterocycles. The lowest BCUT2D eigenvalue weighted by Crippen LogP contribution is -2.14. The normalized spacial score (nSPS) is 12.7. The number of hydrogen-bond acceptors (Lipinski definition) is 6. The molecule has 0 aliphatic carbocycles. The molecule has 0 unspecified atom stereocenters. The maximum absolute atomic E-state index is 13.1. The maximum atomic E-state index is 13.1. The van der Waals surface area contributed by atoms with E-state index in [0.717, 1.165) is 26.4 Å². The Kier molecular flexibility index (Phi) is 4.96. The lowest BCUT2D eigenvalue weighted by Gasteiger charge is -2.17. The van der Waals surface area contributed by atoms with E-state index in [1.807, 2.05) is 0 Å². The first-order valence-corrected chi connectivity index (χ1v) is 8.99. The van der Waals surface area contributed by atoms with Crippen LogP contribution in [-0.4, -0.2) is 33.0 Å². The quantitative estimate of drug-likeness (QED) is 0.553. The van der Waals surface area contributed by atoms with Crippen LogP contribution in [0.1, 0.15) is 26.3 Å². The second-order valence-corrected chi connectivity index (χ2v) is 6.63. The first-order valence-electron chi connectivity index (χ1n) is 8.99. The van der Waals surface area contributed by atoms with Crippen LogP contribution < -0.4 is 9.47 Å². The van der Waals surface area contributed by atoms with E-state index in [4.69, 9.17) is 18.9 Å². The third kappa shape index (κ3) is 3.41. The molecule has 3 aromatic rings. The molecule has 9 heteroatoms. The first-order chi connectivity index (χ1) is 14.8. The van der Waals surface area contributed by atoms with Gasteiger partial charge in [0.2, 0.25) is 6.79 Å². The minimum atomic E-state index is -4.53. The van der Waals surface area contributed by atoms with E-state index >= 15 is 0 Å². The van der Waals surface area contributed by atoms with Crippen LogP contribution in [0.2, 0.25) is 0 Å². The fourth-order valence-corrected chi connectivity index (χ4v) is 3.55. The Labute approximate surface area is 174 Å². The molecule has 0 spiro atoms. The zero-order chi connectivity index (χ0) is 22.3. The number of ether oxygens (including phenoxy) is 4. The largest absolute Gasteiger partial charge is 0.465 e. The predicted octanol–water partition coefficient (Wildman–Crippen LogP) is 4.83. The SMILES string of the molecule is COC(=O)c1cc2ccc3c(c2c(-c2ccc(C(F)(F)F)cc2)c1C(=O)OC)OCO3. The third-order valence-corrected chi connectivity index (χ3v) is 4.94. The summed E-state index contributed by atoms with van der Waals surface area (Å²) in [4.78, 5) is 25.2. The van der Waals surface area contributed by atoms with E-state index in [2.05, 4.69) is 0 Å². The molecule has 0 radical (unpaired) electrons. The molecule has 0 amide bonds. The summed E-state index contributed by atoms with van der Waals surface area (Å²) in [5.74, 6) is -0.932. The maximum Gasteiger partial charge on any atom is 0.416 e. The zero-order valence-corrected chi connectivity index (χ0v) is 16.3. The second kappa shape index (κ2) is 7.50. The highest BCUT2D eigenvalue weighted by molar-refractivity contribution is 6.17. The Morgan fingerprint density at radius 1 is 0.935 bits per heavy atom. The van der Waals surface area contributed by atoms with Crippen molar-refractivity contribution in [3.8, 4) is 22.6 Å². The van der Waals surface area contributed by atoms with Gasteiger partial charge < -0.3 is 18.9 Å². The summed E-state index contributed by atoms with van der Waals surface area (Å²) < 4.78 is 59.9. The van der Waals surface area contributed by atoms with Crippen LogP contribution in [0, 0.1) is 0 Å². The van der Waals surface area contributed by atoms with Crippen molar-refractivity contribution in [2.75, 3.05) is 21.0 Å². The number of methoxy groups -OCH3 is 2. The van der Waals surface area contributed by atoms with Crippen molar-refractivity contribution in [2.45, 2.75) is 6.18 Å². The molecule has 0 saturated carbocycles. The molecule has 0 fully saturated rings. The van der Waals surface area contributed by atoms with Crippen molar-refractivity contribution >= 4 is 22.7 Å². The van der Waals surface area contributed by atoms with Gasteiger partial charge in [0.1, 0.15) is 0 Å². The highest BCUT2D eigenvalue weighted by Crippen LogP contribution is 2.46. The highest BCUT2D eigenvalue weighted by atomic mass is 19.4. The Morgan fingerprint density at radius 2 is 1.61 bits per heavy atom. The molecule has 1 aliphatic rings. The van der Waals surface area contributed by atoms with Crippen molar-refractivity contribution in [3.63, 3.8) is 0 Å². The number of esters is 2. The number of alkyl halides is 3. The predicted molar refractivity (Wildman–Crippen MR) is 103 cm³/mol. The molecule has 31 heavy (non-hydrogen) atoms. The molecular formula is C22H15F3O6. The Hall–Kier alpha value is -3.75. The van der Waals surface area contributed by atoms with E-state index < -0.39 is 23.7 Å². The van der Waals surface area contributed by atoms with Crippen molar-refractivity contribution in [3.05, 3.63) is 59.2 Å². The highest BCUT2D eigenvalue weighted by Gasteiger charge is 2.32. The van der Waals surface area contributed by atoms with Gasteiger partial charge in [0.05, 0.1) is 30.9 Å². The fraction of sp³-hybridized carbons (Fsp3) is 0.182. The molecule has 6 nitrogen and oxygen atoms in total. The topological polar surface area (TPSA) is 71.1 Å². The average Bonchev–Trinajstić information content (AvgIpc) is 3.25. The Balaban J connectivity index is 2.12. The van der Waals surface area contributed by atoms with Crippen LogP contribution >= 0.6 is 0 Å². The summed E-state index contributed by atoms with van der Waals surface area (Å²) in [6.07, 6.45) is -4.53. The van der Waals surface area contributed by atoms with Gasteiger partial charge >= 0.3 is 18.1 Å². The Morgan fingerprint density at radius 3 is 2.23 bits per heavy atom. The van der Waals surface area contributed by atoms with Gasteiger partial charge in [0.25, 0.3) is 0 Å². The van der Waals surface area contributed by atoms with Crippen molar-refractivity contribution < 1.29 is 41.7 Å². The number of hydrogen-bond donors (Lipinski definition) is 0. The summed E-state index contributed by atoms with van der Waals surface area (Å²) in [5.41, 5.74) is -0.649. The number of halogens is 3. The van der Waals surface area contributed by atoms with Gasteiger partial charge in [-0.15, -0.1) is 0 Å². The Bertz CT molecular complexity index is 1200. The molecule has 1 aliphatic heterocycles. The molecule has 160 valence electrons. The molecule has 0 atom stereocenters. The van der Waals surface area contributed by atoms with Crippen LogP contribution in [0.5, 0.6) is 11.5 Å². The smallest absolute Gasteiger partial charge is 0.416 e. The van der Waals surface area contributed by atoms with Gasteiger partial charge in [-0.05, 0) is 35.2 Å². The first kappa shape index (κ1) is 20.5. The van der Waals surface area contributed by atoms with Gasteiger partial charge in [0.15, 0.2) is 11.5 Å². The van der Waals surface area contributed by atoms with Gasteiger partial charge in [0, 0.05) is 10.9 Å². The minimum Gasteiger partial charge on any atom is -0.465 e. The van der Waals surface area contributed by atoms with Gasteiger partial charge in [-0.3, -0.25) is 0 Å². The number of benzene rings is 3. The molecule has 0 bridgehead atoms. The average molecular weight is 432 g/mol. The zero-order valence-electron chi connectivity index (χ0n) is 16.3. The van der Waals surface area contributed by atoms with E-state index in [-0.39, 0.29) is 29.0 Å². The van der Waals surface area contributed by atoms with Crippen LogP contribution in [0.25, 0.3) is 21.9 Å². The van der Waals surface area contributed by atoms with Crippen LogP contribution in [0.3, 0.4) is 0 Å². The van der Waals surface area contributed by atoms with E-state index in [9.17, 15) is 22.8 Å². The van der Waals surface area contributed by atoms with Crippen LogP contribution in [-0.2, 0) is 15.7 Å². The molecule has 3 aromatic carbocycles. The van der Waals surface area contributed by atoms with E-state index in [1.165, 1.54) is 18.2 Å². The standard InChI is InChI=1S/C22H15F3O6/c1-28-20(26)14-9-12-5-8-15-19(31-10-30-15)17(12)16(18(14)21(27)29-2)11-3-6-13(7-4-11)22(23,24)25/h3-9H,10H2,1-2H3. The van der Waals surface area contributed by atoms with Gasteiger partial charge in [-0.25, -0.2) is 9.59 Å². The summed E-state index contributed by atoms with van der Waals surface area (Å²) >= 11 is 0. The van der Waals surface area contributed by atoms with Crippen LogP contribution in [0.15, 0.2) is 42.5 Å². The molecule has 1 heterocycles. The van der Waals surface area contributed by atoms with Crippen molar-refractivity contribution in [1.29, 1.82) is 0 Å². The lowest BCUT2D eigenvalue weighted by molar-refractivity contribution is -0.137. The number of rotatable bonds is 3. The number of carbonyl (C=O) groups is 2. The van der Waals surface area contributed by atoms with Gasteiger partial charge in [-0.1, -0.05) is 18.2 Å². The summed E-state index contributed by atoms with van der Waals surface area (Å²) in [5, 5.41) is 0.912.